The normalized spacial score (nSPS) is 11.1. The number of benzene rings is 1. The van der Waals surface area contributed by atoms with E-state index in [1.807, 2.05) is 0 Å². The lowest BCUT2D eigenvalue weighted by atomic mass is 10.3. The summed E-state index contributed by atoms with van der Waals surface area (Å²) < 4.78 is 10.8. The highest BCUT2D eigenvalue weighted by atomic mass is 28.4. The number of phenolic OH excluding ortho intramolecular Hbond substituents is 1. The van der Waals surface area contributed by atoms with E-state index in [2.05, 4.69) is 19.6 Å². The molecule has 0 saturated carbocycles. The van der Waals surface area contributed by atoms with E-state index in [9.17, 15) is 5.11 Å². The SMILES string of the molecule is COc1cccc(O)c1O[Si](C)(C)C. The van der Waals surface area contributed by atoms with Crippen LogP contribution in [0.1, 0.15) is 0 Å². The zero-order chi connectivity index (χ0) is 10.8. The van der Waals surface area contributed by atoms with E-state index in [-0.39, 0.29) is 5.75 Å². The van der Waals surface area contributed by atoms with Crippen molar-refractivity contribution in [2.45, 2.75) is 19.6 Å². The van der Waals surface area contributed by atoms with Gasteiger partial charge in [0.2, 0.25) is 8.32 Å². The van der Waals surface area contributed by atoms with Gasteiger partial charge in [-0.2, -0.15) is 0 Å². The number of hydrogen-bond acceptors (Lipinski definition) is 3. The van der Waals surface area contributed by atoms with Gasteiger partial charge >= 0.3 is 0 Å². The molecule has 3 nitrogen and oxygen atoms in total. The van der Waals surface area contributed by atoms with Crippen LogP contribution >= 0.6 is 0 Å². The third kappa shape index (κ3) is 2.66. The zero-order valence-electron chi connectivity index (χ0n) is 9.00. The molecule has 0 unspecified atom stereocenters. The summed E-state index contributed by atoms with van der Waals surface area (Å²) in [5.74, 6) is 1.16. The second-order valence-corrected chi connectivity index (χ2v) is 8.45. The lowest BCUT2D eigenvalue weighted by Crippen LogP contribution is -2.29. The van der Waals surface area contributed by atoms with Crippen molar-refractivity contribution in [1.82, 2.24) is 0 Å². The van der Waals surface area contributed by atoms with Crippen molar-refractivity contribution in [3.8, 4) is 17.2 Å². The Balaban J connectivity index is 3.05. The van der Waals surface area contributed by atoms with Gasteiger partial charge in [-0.05, 0) is 31.8 Å². The van der Waals surface area contributed by atoms with Crippen molar-refractivity contribution < 1.29 is 14.3 Å². The Morgan fingerprint density at radius 3 is 2.36 bits per heavy atom. The van der Waals surface area contributed by atoms with E-state index < -0.39 is 8.32 Å². The van der Waals surface area contributed by atoms with Gasteiger partial charge in [-0.1, -0.05) is 6.07 Å². The van der Waals surface area contributed by atoms with Crippen molar-refractivity contribution >= 4 is 8.32 Å². The number of para-hydroxylation sites is 1. The Bertz CT molecular complexity index is 318. The van der Waals surface area contributed by atoms with Gasteiger partial charge in [0.15, 0.2) is 17.2 Å². The van der Waals surface area contributed by atoms with Crippen LogP contribution in [0, 0.1) is 0 Å². The van der Waals surface area contributed by atoms with Gasteiger partial charge in [-0.15, -0.1) is 0 Å². The van der Waals surface area contributed by atoms with Crippen LogP contribution in [0.5, 0.6) is 17.2 Å². The monoisotopic (exact) mass is 212 g/mol. The van der Waals surface area contributed by atoms with E-state index in [4.69, 9.17) is 9.16 Å². The molecule has 0 bridgehead atoms. The summed E-state index contributed by atoms with van der Waals surface area (Å²) in [6.07, 6.45) is 0. The molecule has 1 rings (SSSR count). The van der Waals surface area contributed by atoms with Crippen LogP contribution in [0.15, 0.2) is 18.2 Å². The highest BCUT2D eigenvalue weighted by Crippen LogP contribution is 2.37. The maximum absolute atomic E-state index is 9.60. The van der Waals surface area contributed by atoms with Crippen LogP contribution in [-0.2, 0) is 0 Å². The van der Waals surface area contributed by atoms with Gasteiger partial charge < -0.3 is 14.3 Å². The Kier molecular flexibility index (Phi) is 3.05. The molecule has 0 saturated heterocycles. The predicted octanol–water partition coefficient (Wildman–Crippen LogP) is 2.61. The molecule has 1 aromatic carbocycles. The van der Waals surface area contributed by atoms with E-state index >= 15 is 0 Å². The molecule has 0 atom stereocenters. The molecule has 1 aromatic rings. The van der Waals surface area contributed by atoms with Gasteiger partial charge in [0.25, 0.3) is 0 Å². The standard InChI is InChI=1S/C10H16O3Si/c1-12-9-7-5-6-8(11)10(9)13-14(2,3)4/h5-7,11H,1-4H3. The minimum absolute atomic E-state index is 0.131. The fourth-order valence-corrected chi connectivity index (χ4v) is 1.89. The second-order valence-electron chi connectivity index (χ2n) is 4.02. The molecule has 0 aromatic heterocycles. The Hall–Kier alpha value is -1.16. The minimum atomic E-state index is -1.72. The van der Waals surface area contributed by atoms with Crippen LogP contribution in [-0.4, -0.2) is 20.5 Å². The molecule has 0 fully saturated rings. The zero-order valence-corrected chi connectivity index (χ0v) is 10.00. The van der Waals surface area contributed by atoms with Crippen molar-refractivity contribution in [2.75, 3.05) is 7.11 Å². The molecule has 0 aliphatic rings. The Labute approximate surface area is 85.4 Å². The average molecular weight is 212 g/mol. The Morgan fingerprint density at radius 2 is 1.86 bits per heavy atom. The van der Waals surface area contributed by atoms with E-state index in [0.717, 1.165) is 0 Å². The van der Waals surface area contributed by atoms with E-state index in [1.54, 1.807) is 25.3 Å². The number of phenols is 1. The topological polar surface area (TPSA) is 38.7 Å². The van der Waals surface area contributed by atoms with Crippen molar-refractivity contribution in [1.29, 1.82) is 0 Å². The first-order valence-electron chi connectivity index (χ1n) is 4.49. The molecular formula is C10H16O3Si. The largest absolute Gasteiger partial charge is 0.539 e. The van der Waals surface area contributed by atoms with Crippen molar-refractivity contribution in [3.63, 3.8) is 0 Å². The number of rotatable bonds is 3. The number of hydrogen-bond donors (Lipinski definition) is 1. The van der Waals surface area contributed by atoms with Crippen molar-refractivity contribution in [2.24, 2.45) is 0 Å². The second kappa shape index (κ2) is 3.92. The van der Waals surface area contributed by atoms with Gasteiger partial charge in [0, 0.05) is 0 Å². The number of ether oxygens (including phenoxy) is 1. The summed E-state index contributed by atoms with van der Waals surface area (Å²) >= 11 is 0. The molecule has 78 valence electrons. The lowest BCUT2D eigenvalue weighted by molar-refractivity contribution is 0.374. The van der Waals surface area contributed by atoms with Gasteiger partial charge in [-0.3, -0.25) is 0 Å². The summed E-state index contributed by atoms with van der Waals surface area (Å²) in [4.78, 5) is 0. The summed E-state index contributed by atoms with van der Waals surface area (Å²) in [6, 6.07) is 5.10. The fourth-order valence-electron chi connectivity index (χ4n) is 1.07. The fraction of sp³-hybridized carbons (Fsp3) is 0.400. The van der Waals surface area contributed by atoms with E-state index in [0.29, 0.717) is 11.5 Å². The molecular weight excluding hydrogens is 196 g/mol. The highest BCUT2D eigenvalue weighted by molar-refractivity contribution is 6.70. The van der Waals surface area contributed by atoms with Gasteiger partial charge in [0.1, 0.15) is 0 Å². The van der Waals surface area contributed by atoms with Crippen LogP contribution < -0.4 is 9.16 Å². The first-order chi connectivity index (χ1) is 6.44. The molecule has 1 N–H and O–H groups in total. The third-order valence-corrected chi connectivity index (χ3v) is 2.40. The predicted molar refractivity (Wildman–Crippen MR) is 58.6 cm³/mol. The molecule has 0 radical (unpaired) electrons. The maximum atomic E-state index is 9.60. The lowest BCUT2D eigenvalue weighted by Gasteiger charge is -2.21. The molecule has 4 heteroatoms. The van der Waals surface area contributed by atoms with E-state index in [1.165, 1.54) is 0 Å². The summed E-state index contributed by atoms with van der Waals surface area (Å²) in [5.41, 5.74) is 0. The molecule has 0 spiro atoms. The molecule has 14 heavy (non-hydrogen) atoms. The van der Waals surface area contributed by atoms with Crippen LogP contribution in [0.4, 0.5) is 0 Å². The summed E-state index contributed by atoms with van der Waals surface area (Å²) in [5, 5.41) is 9.60. The quantitative estimate of drug-likeness (QED) is 0.783. The van der Waals surface area contributed by atoms with Gasteiger partial charge in [0.05, 0.1) is 7.11 Å². The molecule has 0 aliphatic heterocycles. The number of methoxy groups -OCH3 is 1. The molecule has 0 amide bonds. The molecule has 0 heterocycles. The van der Waals surface area contributed by atoms with Crippen LogP contribution in [0.25, 0.3) is 0 Å². The van der Waals surface area contributed by atoms with Crippen molar-refractivity contribution in [3.05, 3.63) is 18.2 Å². The highest BCUT2D eigenvalue weighted by Gasteiger charge is 2.20. The number of aromatic hydroxyl groups is 1. The summed E-state index contributed by atoms with van der Waals surface area (Å²) in [6.45, 7) is 6.16. The Morgan fingerprint density at radius 1 is 1.21 bits per heavy atom. The maximum Gasteiger partial charge on any atom is 0.242 e. The first kappa shape index (κ1) is 10.9. The first-order valence-corrected chi connectivity index (χ1v) is 7.90. The smallest absolute Gasteiger partial charge is 0.242 e. The average Bonchev–Trinajstić information content (AvgIpc) is 2.06. The van der Waals surface area contributed by atoms with Gasteiger partial charge in [-0.25, -0.2) is 0 Å². The van der Waals surface area contributed by atoms with Crippen LogP contribution in [0.2, 0.25) is 19.6 Å². The molecule has 0 aliphatic carbocycles. The third-order valence-electron chi connectivity index (χ3n) is 1.59. The minimum Gasteiger partial charge on any atom is -0.539 e. The van der Waals surface area contributed by atoms with Crippen LogP contribution in [0.3, 0.4) is 0 Å². The summed E-state index contributed by atoms with van der Waals surface area (Å²) in [7, 11) is -0.156.